The topological polar surface area (TPSA) is 85.7 Å². The number of hydrogen-bond donors (Lipinski definition) is 3. The van der Waals surface area contributed by atoms with Crippen LogP contribution >= 0.6 is 0 Å². The minimum atomic E-state index is -0.286. The van der Waals surface area contributed by atoms with E-state index in [2.05, 4.69) is 50.4 Å². The van der Waals surface area contributed by atoms with Crippen molar-refractivity contribution in [2.24, 2.45) is 11.8 Å². The van der Waals surface area contributed by atoms with E-state index in [-0.39, 0.29) is 24.0 Å². The van der Waals surface area contributed by atoms with Crippen LogP contribution in [0, 0.1) is 24.2 Å². The van der Waals surface area contributed by atoms with Crippen LogP contribution in [-0.2, 0) is 4.79 Å². The first-order valence-electron chi connectivity index (χ1n) is 15.0. The Bertz CT molecular complexity index is 1170. The van der Waals surface area contributed by atoms with Crippen molar-refractivity contribution in [1.82, 2.24) is 5.32 Å². The second-order valence-electron chi connectivity index (χ2n) is 12.0. The standard InChI is InChI=1S/C34H47N3O3/c1-23(2)36-21-30(20-35)28-6-5-7-31(19-28)37(34(39)27-12-15-32(38)16-13-27)22-25-8-10-26(11-9-25)29-14-17-33(40-4)24(3)18-29/h5-7,14,17-21,23,25-27,32,35-36,38H,8-13,15-16,22H2,1-4H3/b30-21+,35-20?. The number of amides is 1. The van der Waals surface area contributed by atoms with E-state index in [1.165, 1.54) is 17.3 Å². The van der Waals surface area contributed by atoms with Crippen molar-refractivity contribution in [3.05, 3.63) is 65.4 Å². The average molecular weight is 546 g/mol. The Morgan fingerprint density at radius 1 is 1.07 bits per heavy atom. The molecule has 0 saturated heterocycles. The molecule has 40 heavy (non-hydrogen) atoms. The lowest BCUT2D eigenvalue weighted by Crippen LogP contribution is -2.41. The Kier molecular flexibility index (Phi) is 10.4. The lowest BCUT2D eigenvalue weighted by atomic mass is 9.78. The van der Waals surface area contributed by atoms with Gasteiger partial charge in [0, 0.05) is 42.2 Å². The highest BCUT2D eigenvalue weighted by Crippen LogP contribution is 2.39. The van der Waals surface area contributed by atoms with Gasteiger partial charge in [-0.2, -0.15) is 0 Å². The quantitative estimate of drug-likeness (QED) is 0.285. The summed E-state index contributed by atoms with van der Waals surface area (Å²) >= 11 is 0. The van der Waals surface area contributed by atoms with Gasteiger partial charge < -0.3 is 25.5 Å². The molecule has 0 atom stereocenters. The van der Waals surface area contributed by atoms with Gasteiger partial charge in [-0.05, 0) is 119 Å². The Hall–Kier alpha value is -3.12. The molecule has 3 N–H and O–H groups in total. The maximum absolute atomic E-state index is 14.0. The summed E-state index contributed by atoms with van der Waals surface area (Å²) < 4.78 is 5.45. The van der Waals surface area contributed by atoms with E-state index in [1.807, 2.05) is 29.3 Å². The number of hydrogen-bond acceptors (Lipinski definition) is 5. The zero-order valence-electron chi connectivity index (χ0n) is 24.7. The molecule has 6 heteroatoms. The van der Waals surface area contributed by atoms with Crippen LogP contribution in [0.15, 0.2) is 48.7 Å². The molecule has 0 aliphatic heterocycles. The van der Waals surface area contributed by atoms with E-state index in [0.29, 0.717) is 31.2 Å². The molecule has 0 radical (unpaired) electrons. The molecule has 0 bridgehead atoms. The van der Waals surface area contributed by atoms with Gasteiger partial charge in [-0.1, -0.05) is 24.3 Å². The van der Waals surface area contributed by atoms with Crippen molar-refractivity contribution >= 4 is 23.4 Å². The Labute approximate surface area is 240 Å². The molecule has 2 aliphatic rings. The summed E-state index contributed by atoms with van der Waals surface area (Å²) in [6, 6.07) is 14.9. The van der Waals surface area contributed by atoms with Gasteiger partial charge in [-0.15, -0.1) is 0 Å². The molecule has 1 amide bonds. The van der Waals surface area contributed by atoms with Crippen LogP contribution < -0.4 is 15.0 Å². The highest BCUT2D eigenvalue weighted by molar-refractivity contribution is 6.08. The number of aryl methyl sites for hydroxylation is 1. The fourth-order valence-electron chi connectivity index (χ4n) is 6.28. The number of rotatable bonds is 10. The van der Waals surface area contributed by atoms with Gasteiger partial charge in [0.2, 0.25) is 5.91 Å². The van der Waals surface area contributed by atoms with E-state index in [9.17, 15) is 9.90 Å². The number of anilines is 1. The number of methoxy groups -OCH3 is 1. The number of aliphatic hydroxyl groups is 1. The summed E-state index contributed by atoms with van der Waals surface area (Å²) in [4.78, 5) is 16.0. The molecule has 2 fully saturated rings. The minimum Gasteiger partial charge on any atom is -0.496 e. The normalized spacial score (nSPS) is 23.5. The predicted octanol–water partition coefficient (Wildman–Crippen LogP) is 6.85. The Morgan fingerprint density at radius 2 is 1.80 bits per heavy atom. The summed E-state index contributed by atoms with van der Waals surface area (Å²) in [7, 11) is 1.72. The molecule has 0 unspecified atom stereocenters. The molecule has 216 valence electrons. The van der Waals surface area contributed by atoms with Gasteiger partial charge in [-0.3, -0.25) is 4.79 Å². The first-order chi connectivity index (χ1) is 19.3. The number of carbonyl (C=O) groups excluding carboxylic acids is 1. The molecule has 0 aromatic heterocycles. The Morgan fingerprint density at radius 3 is 2.42 bits per heavy atom. The molecule has 4 rings (SSSR count). The van der Waals surface area contributed by atoms with E-state index < -0.39 is 0 Å². The van der Waals surface area contributed by atoms with Crippen LogP contribution in [0.25, 0.3) is 5.57 Å². The maximum Gasteiger partial charge on any atom is 0.230 e. The summed E-state index contributed by atoms with van der Waals surface area (Å²) in [5.41, 5.74) is 5.19. The highest BCUT2D eigenvalue weighted by Gasteiger charge is 2.32. The highest BCUT2D eigenvalue weighted by atomic mass is 16.5. The molecular weight excluding hydrogens is 498 g/mol. The van der Waals surface area contributed by atoms with Crippen LogP contribution in [0.1, 0.15) is 87.8 Å². The van der Waals surface area contributed by atoms with Crippen LogP contribution in [-0.4, -0.2) is 43.0 Å². The van der Waals surface area contributed by atoms with E-state index in [0.717, 1.165) is 61.1 Å². The fourth-order valence-corrected chi connectivity index (χ4v) is 6.28. The molecule has 6 nitrogen and oxygen atoms in total. The summed E-state index contributed by atoms with van der Waals surface area (Å²) in [6.45, 7) is 6.96. The van der Waals surface area contributed by atoms with E-state index in [4.69, 9.17) is 10.1 Å². The van der Waals surface area contributed by atoms with Crippen molar-refractivity contribution in [2.75, 3.05) is 18.6 Å². The van der Waals surface area contributed by atoms with Crippen molar-refractivity contribution < 1.29 is 14.6 Å². The second-order valence-corrected chi connectivity index (χ2v) is 12.0. The molecule has 0 heterocycles. The first-order valence-corrected chi connectivity index (χ1v) is 15.0. The number of aliphatic hydroxyl groups excluding tert-OH is 1. The Balaban J connectivity index is 1.52. The first kappa shape index (κ1) is 29.9. The molecular formula is C34H47N3O3. The lowest BCUT2D eigenvalue weighted by molar-refractivity contribution is -0.124. The van der Waals surface area contributed by atoms with Crippen LogP contribution in [0.4, 0.5) is 5.69 Å². The van der Waals surface area contributed by atoms with E-state index in [1.54, 1.807) is 7.11 Å². The molecule has 2 aliphatic carbocycles. The van der Waals surface area contributed by atoms with Crippen LogP contribution in [0.5, 0.6) is 5.75 Å². The van der Waals surface area contributed by atoms with Gasteiger partial charge in [0.15, 0.2) is 0 Å². The minimum absolute atomic E-state index is 0.0500. The van der Waals surface area contributed by atoms with Gasteiger partial charge >= 0.3 is 0 Å². The SMILES string of the molecule is COc1ccc(C2CCC(CN(C(=O)C3CCC(O)CC3)c3cccc(/C(C=N)=C/NC(C)C)c3)CC2)cc1C. The van der Waals surface area contributed by atoms with E-state index >= 15 is 0 Å². The van der Waals surface area contributed by atoms with Crippen LogP contribution in [0.3, 0.4) is 0 Å². The van der Waals surface area contributed by atoms with Gasteiger partial charge in [-0.25, -0.2) is 0 Å². The van der Waals surface area contributed by atoms with Crippen molar-refractivity contribution in [1.29, 1.82) is 5.41 Å². The third-order valence-electron chi connectivity index (χ3n) is 8.71. The number of benzene rings is 2. The van der Waals surface area contributed by atoms with Crippen molar-refractivity contribution in [3.8, 4) is 5.75 Å². The van der Waals surface area contributed by atoms with Crippen molar-refractivity contribution in [2.45, 2.75) is 90.2 Å². The number of ether oxygens (including phenoxy) is 1. The smallest absolute Gasteiger partial charge is 0.230 e. The van der Waals surface area contributed by atoms with Gasteiger partial charge in [0.05, 0.1) is 13.2 Å². The summed E-state index contributed by atoms with van der Waals surface area (Å²) in [6.07, 6.45) is 10.2. The largest absolute Gasteiger partial charge is 0.496 e. The fraction of sp³-hybridized carbons (Fsp3) is 0.529. The van der Waals surface area contributed by atoms with Crippen LogP contribution in [0.2, 0.25) is 0 Å². The number of nitrogens with one attached hydrogen (secondary N) is 2. The predicted molar refractivity (Wildman–Crippen MR) is 164 cm³/mol. The number of allylic oxidation sites excluding steroid dienone is 1. The summed E-state index contributed by atoms with van der Waals surface area (Å²) in [5, 5.41) is 21.3. The lowest BCUT2D eigenvalue weighted by Gasteiger charge is -2.36. The molecule has 2 aromatic rings. The second kappa shape index (κ2) is 14.0. The summed E-state index contributed by atoms with van der Waals surface area (Å²) in [5.74, 6) is 2.05. The zero-order valence-corrected chi connectivity index (χ0v) is 24.7. The number of nitrogens with zero attached hydrogens (tertiary/aromatic N) is 1. The number of carbonyl (C=O) groups is 1. The molecule has 2 saturated carbocycles. The average Bonchev–Trinajstić information content (AvgIpc) is 2.96. The van der Waals surface area contributed by atoms with Gasteiger partial charge in [0.1, 0.15) is 5.75 Å². The molecule has 2 aromatic carbocycles. The maximum atomic E-state index is 14.0. The van der Waals surface area contributed by atoms with Gasteiger partial charge in [0.25, 0.3) is 0 Å². The zero-order chi connectivity index (χ0) is 28.6. The molecule has 0 spiro atoms. The monoisotopic (exact) mass is 545 g/mol. The van der Waals surface area contributed by atoms with Crippen molar-refractivity contribution in [3.63, 3.8) is 0 Å². The third-order valence-corrected chi connectivity index (χ3v) is 8.71. The third kappa shape index (κ3) is 7.54.